The van der Waals surface area contributed by atoms with Gasteiger partial charge in [-0.1, -0.05) is 11.6 Å². The Bertz CT molecular complexity index is 277. The van der Waals surface area contributed by atoms with Crippen molar-refractivity contribution >= 4 is 29.6 Å². The molecule has 4 heteroatoms. The van der Waals surface area contributed by atoms with E-state index >= 15 is 0 Å². The molecule has 2 nitrogen and oxygen atoms in total. The fourth-order valence-corrected chi connectivity index (χ4v) is 1.28. The van der Waals surface area contributed by atoms with Crippen molar-refractivity contribution in [3.63, 3.8) is 0 Å². The Hall–Kier alpha value is -0.540. The summed E-state index contributed by atoms with van der Waals surface area (Å²) in [6.45, 7) is 0. The largest absolute Gasteiger partial charge is 0.298 e. The Labute approximate surface area is 74.0 Å². The number of pyridine rings is 1. The molecule has 11 heavy (non-hydrogen) atoms. The van der Waals surface area contributed by atoms with Crippen molar-refractivity contribution in [1.82, 2.24) is 4.98 Å². The number of thioether (sulfide) groups is 1. The Morgan fingerprint density at radius 1 is 1.73 bits per heavy atom. The van der Waals surface area contributed by atoms with Crippen LogP contribution in [0, 0.1) is 0 Å². The van der Waals surface area contributed by atoms with Gasteiger partial charge in [-0.25, -0.2) is 4.98 Å². The van der Waals surface area contributed by atoms with Gasteiger partial charge in [-0.15, -0.1) is 11.8 Å². The molecule has 0 amide bonds. The van der Waals surface area contributed by atoms with E-state index in [1.54, 1.807) is 6.07 Å². The number of hydrogen-bond acceptors (Lipinski definition) is 3. The molecule has 0 aromatic carbocycles. The van der Waals surface area contributed by atoms with E-state index < -0.39 is 0 Å². The number of hydrogen-bond donors (Lipinski definition) is 0. The van der Waals surface area contributed by atoms with E-state index in [2.05, 4.69) is 4.98 Å². The molecule has 0 N–H and O–H groups in total. The zero-order valence-corrected chi connectivity index (χ0v) is 7.45. The number of rotatable bonds is 2. The lowest BCUT2D eigenvalue weighted by atomic mass is 10.3. The van der Waals surface area contributed by atoms with Gasteiger partial charge in [0.2, 0.25) is 0 Å². The molecule has 0 aliphatic heterocycles. The third-order valence-corrected chi connectivity index (χ3v) is 2.16. The first kappa shape index (κ1) is 8.56. The van der Waals surface area contributed by atoms with Crippen LogP contribution in [0.25, 0.3) is 0 Å². The molecule has 0 fully saturated rings. The average molecular weight is 188 g/mol. The fourth-order valence-electron chi connectivity index (χ4n) is 0.622. The maximum Gasteiger partial charge on any atom is 0.153 e. The fraction of sp³-hybridized carbons (Fsp3) is 0.143. The van der Waals surface area contributed by atoms with Crippen molar-refractivity contribution in [3.8, 4) is 0 Å². The summed E-state index contributed by atoms with van der Waals surface area (Å²) in [6, 6.07) is 1.68. The van der Waals surface area contributed by atoms with Crippen molar-refractivity contribution < 1.29 is 4.79 Å². The second-order valence-corrected chi connectivity index (χ2v) is 3.10. The minimum atomic E-state index is 0.435. The molecular weight excluding hydrogens is 182 g/mol. The highest BCUT2D eigenvalue weighted by atomic mass is 35.5. The van der Waals surface area contributed by atoms with Crippen LogP contribution in [-0.4, -0.2) is 17.5 Å². The van der Waals surface area contributed by atoms with Gasteiger partial charge in [0.15, 0.2) is 6.29 Å². The van der Waals surface area contributed by atoms with Crippen LogP contribution in [-0.2, 0) is 0 Å². The van der Waals surface area contributed by atoms with Gasteiger partial charge in [-0.2, -0.15) is 0 Å². The van der Waals surface area contributed by atoms with Gasteiger partial charge in [-0.05, 0) is 12.3 Å². The topological polar surface area (TPSA) is 30.0 Å². The van der Waals surface area contributed by atoms with Crippen LogP contribution in [0.15, 0.2) is 17.3 Å². The van der Waals surface area contributed by atoms with Crippen LogP contribution in [0.2, 0.25) is 5.02 Å². The molecule has 1 aromatic heterocycles. The van der Waals surface area contributed by atoms with Gasteiger partial charge in [0.25, 0.3) is 0 Å². The van der Waals surface area contributed by atoms with E-state index in [9.17, 15) is 4.79 Å². The quantitative estimate of drug-likeness (QED) is 0.526. The smallest absolute Gasteiger partial charge is 0.153 e. The maximum absolute atomic E-state index is 10.3. The second kappa shape index (κ2) is 3.74. The second-order valence-electron chi connectivity index (χ2n) is 1.87. The number of aromatic nitrogens is 1. The Morgan fingerprint density at radius 3 is 2.91 bits per heavy atom. The summed E-state index contributed by atoms with van der Waals surface area (Å²) in [4.78, 5) is 14.3. The van der Waals surface area contributed by atoms with Crippen LogP contribution in [0.1, 0.15) is 10.4 Å². The van der Waals surface area contributed by atoms with E-state index in [4.69, 9.17) is 11.6 Å². The zero-order valence-electron chi connectivity index (χ0n) is 5.87. The summed E-state index contributed by atoms with van der Waals surface area (Å²) in [5, 5.41) is 1.28. The molecular formula is C7H6ClNOS. The molecule has 0 bridgehead atoms. The van der Waals surface area contributed by atoms with Crippen molar-refractivity contribution in [1.29, 1.82) is 0 Å². The predicted octanol–water partition coefficient (Wildman–Crippen LogP) is 2.27. The number of nitrogens with zero attached hydrogens (tertiary/aromatic N) is 1. The summed E-state index contributed by atoms with van der Waals surface area (Å²) < 4.78 is 0. The predicted molar refractivity (Wildman–Crippen MR) is 46.4 cm³/mol. The molecule has 58 valence electrons. The summed E-state index contributed by atoms with van der Waals surface area (Å²) in [5.41, 5.74) is 0.435. The van der Waals surface area contributed by atoms with E-state index in [0.717, 1.165) is 5.03 Å². The van der Waals surface area contributed by atoms with Gasteiger partial charge < -0.3 is 0 Å². The average Bonchev–Trinajstić information content (AvgIpc) is 2.04. The summed E-state index contributed by atoms with van der Waals surface area (Å²) >= 11 is 7.21. The van der Waals surface area contributed by atoms with E-state index in [-0.39, 0.29) is 0 Å². The third kappa shape index (κ3) is 1.94. The summed E-state index contributed by atoms with van der Waals surface area (Å²) in [7, 11) is 0. The SMILES string of the molecule is CSc1cc(Cl)c(C=O)cn1. The van der Waals surface area contributed by atoms with Crippen LogP contribution >= 0.6 is 23.4 Å². The standard InChI is InChI=1S/C7H6ClNOS/c1-11-7-2-6(8)5(4-10)3-9-7/h2-4H,1H3. The van der Waals surface area contributed by atoms with Gasteiger partial charge in [0.1, 0.15) is 0 Å². The number of carbonyl (C=O) groups excluding carboxylic acids is 1. The molecule has 0 saturated heterocycles. The number of carbonyl (C=O) groups is 1. The van der Waals surface area contributed by atoms with E-state index in [0.29, 0.717) is 16.9 Å². The van der Waals surface area contributed by atoms with Crippen LogP contribution in [0.3, 0.4) is 0 Å². The molecule has 0 radical (unpaired) electrons. The minimum Gasteiger partial charge on any atom is -0.298 e. The maximum atomic E-state index is 10.3. The highest BCUT2D eigenvalue weighted by Crippen LogP contribution is 2.19. The van der Waals surface area contributed by atoms with Crippen molar-refractivity contribution in [3.05, 3.63) is 22.8 Å². The summed E-state index contributed by atoms with van der Waals surface area (Å²) in [5.74, 6) is 0. The first-order valence-electron chi connectivity index (χ1n) is 2.92. The number of halogens is 1. The summed E-state index contributed by atoms with van der Waals surface area (Å²) in [6.07, 6.45) is 4.07. The normalized spacial score (nSPS) is 9.64. The molecule has 0 atom stereocenters. The monoisotopic (exact) mass is 187 g/mol. The van der Waals surface area contributed by atoms with Crippen LogP contribution in [0.5, 0.6) is 0 Å². The lowest BCUT2D eigenvalue weighted by molar-refractivity contribution is 0.112. The Morgan fingerprint density at radius 2 is 2.45 bits per heavy atom. The minimum absolute atomic E-state index is 0.435. The highest BCUT2D eigenvalue weighted by molar-refractivity contribution is 7.98. The van der Waals surface area contributed by atoms with Crippen molar-refractivity contribution in [2.45, 2.75) is 5.03 Å². The van der Waals surface area contributed by atoms with Gasteiger partial charge in [0.05, 0.1) is 15.6 Å². The molecule has 0 unspecified atom stereocenters. The van der Waals surface area contributed by atoms with Crippen LogP contribution in [0.4, 0.5) is 0 Å². The molecule has 1 aromatic rings. The first-order chi connectivity index (χ1) is 5.27. The van der Waals surface area contributed by atoms with E-state index in [1.807, 2.05) is 6.26 Å². The van der Waals surface area contributed by atoms with Crippen molar-refractivity contribution in [2.24, 2.45) is 0 Å². The Kier molecular flexibility index (Phi) is 2.91. The van der Waals surface area contributed by atoms with Gasteiger partial charge in [0, 0.05) is 6.20 Å². The Balaban J connectivity index is 3.09. The van der Waals surface area contributed by atoms with E-state index in [1.165, 1.54) is 18.0 Å². The third-order valence-electron chi connectivity index (χ3n) is 1.19. The lowest BCUT2D eigenvalue weighted by Gasteiger charge is -1.97. The zero-order chi connectivity index (χ0) is 8.27. The highest BCUT2D eigenvalue weighted by Gasteiger charge is 1.99. The molecule has 0 spiro atoms. The molecule has 1 heterocycles. The van der Waals surface area contributed by atoms with Gasteiger partial charge in [-0.3, -0.25) is 4.79 Å². The van der Waals surface area contributed by atoms with Crippen molar-refractivity contribution in [2.75, 3.05) is 6.26 Å². The number of aldehydes is 1. The van der Waals surface area contributed by atoms with Crippen LogP contribution < -0.4 is 0 Å². The van der Waals surface area contributed by atoms with Gasteiger partial charge >= 0.3 is 0 Å². The molecule has 1 rings (SSSR count). The molecule has 0 saturated carbocycles. The first-order valence-corrected chi connectivity index (χ1v) is 4.53. The molecule has 0 aliphatic carbocycles. The molecule has 0 aliphatic rings. The lowest BCUT2D eigenvalue weighted by Crippen LogP contribution is -1.85.